The number of benzene rings is 4. The fourth-order valence-electron chi connectivity index (χ4n) is 8.70. The molecule has 0 saturated carbocycles. The molecule has 1 unspecified atom stereocenters. The van der Waals surface area contributed by atoms with Crippen LogP contribution in [0.5, 0.6) is 0 Å². The number of unbranched alkanes of at least 4 members (excludes halogenated alkanes) is 2. The zero-order valence-electron chi connectivity index (χ0n) is 33.5. The van der Waals surface area contributed by atoms with Crippen molar-refractivity contribution in [3.63, 3.8) is 0 Å². The van der Waals surface area contributed by atoms with Crippen LogP contribution in [0, 0.1) is 41.5 Å². The molecule has 1 aliphatic carbocycles. The smallest absolute Gasteiger partial charge is 0.114 e. The Morgan fingerprint density at radius 3 is 1.69 bits per heavy atom. The van der Waals surface area contributed by atoms with Crippen LogP contribution in [0.3, 0.4) is 0 Å². The molecule has 0 amide bonds. The van der Waals surface area contributed by atoms with Crippen molar-refractivity contribution in [2.45, 2.75) is 92.6 Å². The van der Waals surface area contributed by atoms with Gasteiger partial charge >= 0.3 is 0 Å². The molecule has 2 aliphatic rings. The molecule has 6 heteroatoms. The summed E-state index contributed by atoms with van der Waals surface area (Å²) in [5.41, 5.74) is 17.5. The van der Waals surface area contributed by atoms with Crippen LogP contribution in [0.15, 0.2) is 95.3 Å². The third-order valence-corrected chi connectivity index (χ3v) is 15.0. The quantitative estimate of drug-likeness (QED) is 0.0751. The van der Waals surface area contributed by atoms with E-state index in [4.69, 9.17) is 23.2 Å². The van der Waals surface area contributed by atoms with Crippen LogP contribution in [-0.4, -0.2) is 30.5 Å². The Bertz CT molecular complexity index is 1930. The fraction of sp³-hybridized carbons (Fsp3) is 0.375. The monoisotopic (exact) mass is 864 g/mol. The van der Waals surface area contributed by atoms with Crippen molar-refractivity contribution >= 4 is 59.7 Å². The van der Waals surface area contributed by atoms with Gasteiger partial charge < -0.3 is 9.80 Å². The van der Waals surface area contributed by atoms with E-state index >= 15 is 0 Å². The van der Waals surface area contributed by atoms with Crippen LogP contribution in [0.4, 0.5) is 11.4 Å². The van der Waals surface area contributed by atoms with Crippen molar-refractivity contribution in [1.29, 1.82) is 0 Å². The summed E-state index contributed by atoms with van der Waals surface area (Å²) in [6, 6.07) is 28.8. The first kappa shape index (κ1) is 42.5. The molecule has 6 rings (SSSR count). The minimum Gasteiger partial charge on any atom is -0.325 e. The zero-order valence-corrected chi connectivity index (χ0v) is 37.6. The van der Waals surface area contributed by atoms with Crippen LogP contribution in [0.2, 0.25) is 0 Å². The normalized spacial score (nSPS) is 15.4. The summed E-state index contributed by atoms with van der Waals surface area (Å²) < 4.78 is 0. The largest absolute Gasteiger partial charge is 0.325 e. The summed E-state index contributed by atoms with van der Waals surface area (Å²) in [5.74, 6) is 1.23. The molecule has 1 fully saturated rings. The second-order valence-electron chi connectivity index (χ2n) is 15.2. The predicted octanol–water partition coefficient (Wildman–Crippen LogP) is 14.3. The molecule has 4 aromatic rings. The van der Waals surface area contributed by atoms with Gasteiger partial charge in [-0.2, -0.15) is 0 Å². The molecular weight excluding hydrogens is 807 g/mol. The summed E-state index contributed by atoms with van der Waals surface area (Å²) >= 11 is 16.0. The summed E-state index contributed by atoms with van der Waals surface area (Å²) in [6.07, 6.45) is 10.0. The Morgan fingerprint density at radius 1 is 0.704 bits per heavy atom. The number of rotatable bonds is 13. The summed E-state index contributed by atoms with van der Waals surface area (Å²) in [6.45, 7) is 19.9. The van der Waals surface area contributed by atoms with Gasteiger partial charge in [0.25, 0.3) is 0 Å². The number of hydrogen-bond acceptors (Lipinski definition) is 2. The van der Waals surface area contributed by atoms with Gasteiger partial charge in [-0.05, 0) is 123 Å². The number of nitrogens with zero attached hydrogens (tertiary/aromatic N) is 2. The van der Waals surface area contributed by atoms with Gasteiger partial charge in [-0.1, -0.05) is 136 Å². The van der Waals surface area contributed by atoms with Crippen LogP contribution >= 0.6 is 31.1 Å². The number of fused-ring (bicyclic) bond motifs is 1. The van der Waals surface area contributed by atoms with Gasteiger partial charge in [-0.3, -0.25) is 0 Å². The van der Waals surface area contributed by atoms with E-state index in [1.54, 1.807) is 0 Å². The Hall–Kier alpha value is -2.67. The number of hydrogen-bond donors (Lipinski definition) is 0. The number of aryl methyl sites for hydroxylation is 6. The Kier molecular flexibility index (Phi) is 14.9. The number of anilines is 2. The molecule has 4 aromatic carbocycles. The SMILES string of the molecule is CCCCP(CCCC)C(Cl)C(CC(Cl)=C1C(c2ccccc2)=Cc2ccccc21)=C1N(c2c(C)cc(C)cc2C)CCN1c1c(C)cc(C)cc1C.[Ru]. The minimum absolute atomic E-state index is 0. The first-order chi connectivity index (χ1) is 25.5. The molecule has 0 N–H and O–H groups in total. The van der Waals surface area contributed by atoms with Gasteiger partial charge in [0.15, 0.2) is 0 Å². The average Bonchev–Trinajstić information content (AvgIpc) is 3.72. The van der Waals surface area contributed by atoms with Crippen LogP contribution in [0.1, 0.15) is 96.0 Å². The summed E-state index contributed by atoms with van der Waals surface area (Å²) in [4.78, 5) is 5.21. The molecule has 1 atom stereocenters. The van der Waals surface area contributed by atoms with E-state index in [0.717, 1.165) is 23.7 Å². The van der Waals surface area contributed by atoms with E-state index in [9.17, 15) is 0 Å². The molecule has 0 spiro atoms. The third kappa shape index (κ3) is 8.97. The Morgan fingerprint density at radius 2 is 1.19 bits per heavy atom. The molecule has 1 saturated heterocycles. The molecule has 0 bridgehead atoms. The van der Waals surface area contributed by atoms with Gasteiger partial charge in [0.1, 0.15) is 5.82 Å². The number of halogens is 2. The van der Waals surface area contributed by atoms with Crippen molar-refractivity contribution in [3.05, 3.63) is 145 Å². The summed E-state index contributed by atoms with van der Waals surface area (Å²) in [7, 11) is -0.498. The average molecular weight is 865 g/mol. The maximum Gasteiger partial charge on any atom is 0.114 e. The predicted molar refractivity (Wildman–Crippen MR) is 237 cm³/mol. The molecular formula is C48H57Cl2N2PRu. The van der Waals surface area contributed by atoms with Gasteiger partial charge in [0, 0.05) is 61.0 Å². The van der Waals surface area contributed by atoms with Crippen molar-refractivity contribution in [2.24, 2.45) is 0 Å². The van der Waals surface area contributed by atoms with Crippen LogP contribution < -0.4 is 9.80 Å². The topological polar surface area (TPSA) is 6.48 Å². The van der Waals surface area contributed by atoms with E-state index in [1.165, 1.54) is 116 Å². The first-order valence-electron chi connectivity index (χ1n) is 19.6. The maximum atomic E-state index is 8.11. The first-order valence-corrected chi connectivity index (χ1v) is 22.2. The van der Waals surface area contributed by atoms with Crippen molar-refractivity contribution in [2.75, 3.05) is 35.2 Å². The Balaban J connectivity index is 0.00000561. The fourth-order valence-corrected chi connectivity index (χ4v) is 12.6. The second-order valence-corrected chi connectivity index (χ2v) is 19.0. The molecule has 286 valence electrons. The molecule has 54 heavy (non-hydrogen) atoms. The van der Waals surface area contributed by atoms with Gasteiger partial charge in [-0.25, -0.2) is 0 Å². The van der Waals surface area contributed by atoms with E-state index in [2.05, 4.69) is 150 Å². The van der Waals surface area contributed by atoms with Gasteiger partial charge in [0.2, 0.25) is 0 Å². The maximum absolute atomic E-state index is 8.11. The molecule has 0 radical (unpaired) electrons. The van der Waals surface area contributed by atoms with E-state index in [-0.39, 0.29) is 24.6 Å². The summed E-state index contributed by atoms with van der Waals surface area (Å²) in [5, 5.41) is 0.745. The van der Waals surface area contributed by atoms with Crippen molar-refractivity contribution in [1.82, 2.24) is 0 Å². The van der Waals surface area contributed by atoms with E-state index in [0.29, 0.717) is 6.42 Å². The van der Waals surface area contributed by atoms with Crippen molar-refractivity contribution < 1.29 is 19.5 Å². The third-order valence-electron chi connectivity index (χ3n) is 10.9. The molecule has 1 heterocycles. The van der Waals surface area contributed by atoms with E-state index in [1.807, 2.05) is 0 Å². The van der Waals surface area contributed by atoms with Crippen LogP contribution in [-0.2, 0) is 19.5 Å². The molecule has 2 nitrogen and oxygen atoms in total. The minimum atomic E-state index is -0.498. The Labute approximate surface area is 350 Å². The van der Waals surface area contributed by atoms with Gasteiger partial charge in [0.05, 0.1) is 5.12 Å². The van der Waals surface area contributed by atoms with Crippen LogP contribution in [0.25, 0.3) is 17.2 Å². The van der Waals surface area contributed by atoms with Crippen molar-refractivity contribution in [3.8, 4) is 0 Å². The standard InChI is InChI=1S/C48H57Cl2N2P.Ru/c1-9-11-24-53(25-12-10-2)47(50)42(31-43(49)44-40-21-17-16-20-39(40)30-41(44)38-18-14-13-15-19-38)48-51(45-34(5)26-32(3)27-35(45)6)22-23-52(48)46-36(7)28-33(4)29-37(46)8;/h13-21,26-30,47H,9-12,22-25,31H2,1-8H3;. The van der Waals surface area contributed by atoms with E-state index < -0.39 is 7.92 Å². The van der Waals surface area contributed by atoms with Gasteiger partial charge in [-0.15, -0.1) is 11.6 Å². The molecule has 0 aromatic heterocycles. The second kappa shape index (κ2) is 19.0. The number of allylic oxidation sites excluding steroid dienone is 4. The molecule has 1 aliphatic heterocycles. The number of alkyl halides is 1. The zero-order chi connectivity index (χ0) is 37.8.